The number of aliphatic hydroxyl groups is 12. The zero-order valence-electron chi connectivity index (χ0n) is 52.5. The second-order valence-electron chi connectivity index (χ2n) is 26.2. The van der Waals surface area contributed by atoms with E-state index in [-0.39, 0.29) is 52.1 Å². The Bertz CT molecular complexity index is 2550. The fourth-order valence-electron chi connectivity index (χ4n) is 13.6. The SMILES string of the molecule is NCC1O[C@H](OC2C(N)C[C@@H](N)C(O)[C@H]2O[C@@H]2O[C@H](Cn3cc(CCCCc4cn(C[C@H]5O[C@@H](O[C@H]6C(O[C@H]7OC(CN)C(O)[C@H](O)C7N)C(N)C[C@@H](N)C6O)[C@@H](O)C5O[C@H]5O[C@@H](CN)C(O)C(O)C5N)nn4)nn3)C(O[C@H]3O[C@@H](CN)C(O)C(O)C3N)[C@@H]2O)C(N)[C@@H](O)C1O. The molecule has 8 aliphatic rings. The predicted molar refractivity (Wildman–Crippen MR) is 319 cm³/mol. The van der Waals surface area contributed by atoms with E-state index >= 15 is 0 Å². The number of nitrogens with two attached hydrogens (primary N) is 12. The van der Waals surface area contributed by atoms with Crippen LogP contribution in [-0.4, -0.2) is 350 Å². The molecule has 42 heteroatoms. The molecule has 38 atom stereocenters. The molecule has 2 saturated carbocycles. The Balaban J connectivity index is 0.793. The summed E-state index contributed by atoms with van der Waals surface area (Å²) in [7, 11) is 0. The van der Waals surface area contributed by atoms with Crippen LogP contribution >= 0.6 is 0 Å². The number of aryl methyl sites for hydroxylation is 2. The quantitative estimate of drug-likeness (QED) is 0.0411. The van der Waals surface area contributed by atoms with Gasteiger partial charge in [-0.3, -0.25) is 0 Å². The molecule has 96 heavy (non-hydrogen) atoms. The van der Waals surface area contributed by atoms with E-state index < -0.39 is 233 Å². The molecular weight excluding hydrogens is 1280 g/mol. The van der Waals surface area contributed by atoms with Crippen molar-refractivity contribution < 1.29 is 118 Å². The van der Waals surface area contributed by atoms with Crippen LogP contribution in [0.3, 0.4) is 0 Å². The summed E-state index contributed by atoms with van der Waals surface area (Å²) in [4.78, 5) is 0. The molecule has 6 aliphatic heterocycles. The number of nitrogens with zero attached hydrogens (tertiary/aromatic N) is 6. The summed E-state index contributed by atoms with van der Waals surface area (Å²) in [6.07, 6.45) is -37.1. The first-order valence-electron chi connectivity index (χ1n) is 32.3. The summed E-state index contributed by atoms with van der Waals surface area (Å²) in [5, 5.41) is 150. The van der Waals surface area contributed by atoms with Crippen molar-refractivity contribution in [3.8, 4) is 0 Å². The highest BCUT2D eigenvalue weighted by Gasteiger charge is 2.58. The highest BCUT2D eigenvalue weighted by atomic mass is 16.8. The highest BCUT2D eigenvalue weighted by Crippen LogP contribution is 2.38. The highest BCUT2D eigenvalue weighted by molar-refractivity contribution is 5.06. The van der Waals surface area contributed by atoms with E-state index in [1.807, 2.05) is 0 Å². The topological polar surface area (TPSA) is 727 Å². The number of ether oxygens (including phenoxy) is 12. The van der Waals surface area contributed by atoms with Gasteiger partial charge < -0.3 is 187 Å². The van der Waals surface area contributed by atoms with Crippen LogP contribution in [0, 0.1) is 0 Å². The molecule has 2 aromatic heterocycles. The van der Waals surface area contributed by atoms with Gasteiger partial charge in [-0.1, -0.05) is 10.4 Å². The molecule has 0 amide bonds. The maximum Gasteiger partial charge on any atom is 0.187 e. The van der Waals surface area contributed by atoms with Crippen LogP contribution < -0.4 is 68.8 Å². The Kier molecular flexibility index (Phi) is 25.5. The van der Waals surface area contributed by atoms with Crippen molar-refractivity contribution in [3.63, 3.8) is 0 Å². The molecule has 10 rings (SSSR count). The fourth-order valence-corrected chi connectivity index (χ4v) is 13.6. The average Bonchev–Trinajstić information content (AvgIpc) is 1.51. The number of unbranched alkanes of at least 4 members (excludes halogenated alkanes) is 1. The minimum atomic E-state index is -1.70. The fraction of sp³-hybridized carbons (Fsp3) is 0.926. The second kappa shape index (κ2) is 32.4. The summed E-state index contributed by atoms with van der Waals surface area (Å²) in [5.41, 5.74) is 75.2. The van der Waals surface area contributed by atoms with Crippen molar-refractivity contribution in [2.75, 3.05) is 26.2 Å². The number of hydrogen-bond acceptors (Lipinski definition) is 40. The van der Waals surface area contributed by atoms with Crippen molar-refractivity contribution in [2.24, 2.45) is 68.8 Å². The van der Waals surface area contributed by atoms with E-state index in [4.69, 9.17) is 126 Å². The molecule has 0 bridgehead atoms. The zero-order valence-corrected chi connectivity index (χ0v) is 52.5. The Morgan fingerprint density at radius 1 is 0.333 bits per heavy atom. The largest absolute Gasteiger partial charge is 0.389 e. The molecule has 0 radical (unpaired) electrons. The molecule has 42 nitrogen and oxygen atoms in total. The number of aromatic nitrogens is 6. The van der Waals surface area contributed by atoms with Crippen molar-refractivity contribution in [1.82, 2.24) is 30.0 Å². The average molecular weight is 1390 g/mol. The summed E-state index contributed by atoms with van der Waals surface area (Å²) in [6.45, 7) is -1.20. The van der Waals surface area contributed by atoms with Gasteiger partial charge in [0.15, 0.2) is 37.7 Å². The van der Waals surface area contributed by atoms with E-state index in [9.17, 15) is 61.3 Å². The van der Waals surface area contributed by atoms with Crippen LogP contribution in [0.2, 0.25) is 0 Å². The second-order valence-corrected chi connectivity index (χ2v) is 26.2. The van der Waals surface area contributed by atoms with Crippen LogP contribution in [-0.2, 0) is 82.8 Å². The molecule has 6 saturated heterocycles. The smallest absolute Gasteiger partial charge is 0.187 e. The summed E-state index contributed by atoms with van der Waals surface area (Å²) >= 11 is 0. The maximum absolute atomic E-state index is 12.0. The van der Waals surface area contributed by atoms with Crippen molar-refractivity contribution in [2.45, 2.75) is 284 Å². The Morgan fingerprint density at radius 2 is 0.604 bits per heavy atom. The molecular formula is C54H100N18O24. The van der Waals surface area contributed by atoms with Crippen molar-refractivity contribution in [3.05, 3.63) is 23.8 Å². The Morgan fingerprint density at radius 3 is 0.896 bits per heavy atom. The van der Waals surface area contributed by atoms with E-state index in [1.165, 1.54) is 9.36 Å². The molecule has 36 N–H and O–H groups in total. The lowest BCUT2D eigenvalue weighted by atomic mass is 9.84. The van der Waals surface area contributed by atoms with E-state index in [2.05, 4.69) is 20.6 Å². The van der Waals surface area contributed by atoms with Crippen LogP contribution in [0.15, 0.2) is 12.4 Å². The van der Waals surface area contributed by atoms with Gasteiger partial charge in [-0.15, -0.1) is 10.2 Å². The van der Waals surface area contributed by atoms with Gasteiger partial charge in [0.25, 0.3) is 0 Å². The molecule has 0 spiro atoms. The Labute approximate surface area is 549 Å². The van der Waals surface area contributed by atoms with Gasteiger partial charge in [0.1, 0.15) is 134 Å². The third-order valence-corrected chi connectivity index (χ3v) is 19.4. The minimum Gasteiger partial charge on any atom is -0.389 e. The first kappa shape index (κ1) is 75.5. The standard InChI is InChI=1S/C54H100N18O24/c55-7-21-33(75)37(79)27(63)49(85-21)91-43-19(61)5-17(59)31(73)47(43)95-53-41(83)45(93-51-29(65)39(81)35(77)23(9-57)87-51)25(89-53)13-71-11-15(67-69-71)3-1-2-4-16-12-72(70-68-16)14-26-46(94-52-30(66)40(82)36(78)24(10-58)88-52)42(84)54(90-26)96-48-32(74)18(60)6-20(62)44(48)92-50-28(64)38(80)34(76)22(8-56)86-50/h11-12,17-54,73-84H,1-10,13-14,55-66H2/t17-,18-,19?,20?,21?,22?,23+,24+,25-,26-,27?,28?,29?,30?,31?,32?,33?,34?,35?,36?,37-,38-,39?,40?,41+,42+,43?,44?,45?,46?,47-,48-,49-,50-,51-,52-,53+,54+/m1/s1. The first-order chi connectivity index (χ1) is 45.7. The van der Waals surface area contributed by atoms with Crippen LogP contribution in [0.25, 0.3) is 0 Å². The van der Waals surface area contributed by atoms with Gasteiger partial charge in [-0.25, -0.2) is 9.36 Å². The Hall–Kier alpha value is -3.16. The lowest BCUT2D eigenvalue weighted by Crippen LogP contribution is -2.68. The summed E-state index contributed by atoms with van der Waals surface area (Å²) in [6, 6.07) is -9.13. The normalized spacial score (nSPS) is 48.8. The molecule has 8 heterocycles. The molecule has 0 aromatic carbocycles. The van der Waals surface area contributed by atoms with Gasteiger partial charge in [0, 0.05) is 62.7 Å². The van der Waals surface area contributed by atoms with Gasteiger partial charge in [-0.05, 0) is 38.5 Å². The third kappa shape index (κ3) is 16.0. The zero-order chi connectivity index (χ0) is 69.5. The third-order valence-electron chi connectivity index (χ3n) is 19.4. The van der Waals surface area contributed by atoms with Crippen LogP contribution in [0.1, 0.15) is 37.1 Å². The summed E-state index contributed by atoms with van der Waals surface area (Å²) < 4.78 is 76.5. The van der Waals surface area contributed by atoms with Crippen molar-refractivity contribution in [1.29, 1.82) is 0 Å². The van der Waals surface area contributed by atoms with Crippen LogP contribution in [0.5, 0.6) is 0 Å². The van der Waals surface area contributed by atoms with E-state index in [0.29, 0.717) is 37.1 Å². The number of aliphatic hydroxyl groups excluding tert-OH is 12. The lowest BCUT2D eigenvalue weighted by molar-refractivity contribution is -0.306. The van der Waals surface area contributed by atoms with E-state index in [1.54, 1.807) is 12.4 Å². The monoisotopic (exact) mass is 1380 g/mol. The van der Waals surface area contributed by atoms with Gasteiger partial charge >= 0.3 is 0 Å². The molecule has 550 valence electrons. The minimum absolute atomic E-state index is 0.0202. The first-order valence-corrected chi connectivity index (χ1v) is 32.3. The van der Waals surface area contributed by atoms with Gasteiger partial charge in [-0.2, -0.15) is 0 Å². The van der Waals surface area contributed by atoms with Crippen molar-refractivity contribution >= 4 is 0 Å². The summed E-state index contributed by atoms with van der Waals surface area (Å²) in [5.74, 6) is 0. The van der Waals surface area contributed by atoms with E-state index in [0.717, 1.165) is 0 Å². The maximum atomic E-state index is 12.0. The number of rotatable bonds is 25. The lowest BCUT2D eigenvalue weighted by Gasteiger charge is -2.47. The predicted octanol–water partition coefficient (Wildman–Crippen LogP) is -16.3. The van der Waals surface area contributed by atoms with Gasteiger partial charge in [0.2, 0.25) is 0 Å². The van der Waals surface area contributed by atoms with Gasteiger partial charge in [0.05, 0.1) is 60.9 Å². The van der Waals surface area contributed by atoms with Crippen LogP contribution in [0.4, 0.5) is 0 Å². The molecule has 8 fully saturated rings. The number of hydrogen-bond donors (Lipinski definition) is 24. The molecule has 2 aliphatic carbocycles. The molecule has 20 unspecified atom stereocenters. The molecule has 2 aromatic rings.